The first-order chi connectivity index (χ1) is 8.30. The Morgan fingerprint density at radius 3 is 2.17 bits per heavy atom. The number of hydrogen-bond acceptors (Lipinski definition) is 5. The molecule has 0 aromatic carbocycles. The molecule has 1 aliphatic heterocycles. The third-order valence-corrected chi connectivity index (χ3v) is 4.55. The van der Waals surface area contributed by atoms with Gasteiger partial charge in [-0.2, -0.15) is 9.40 Å². The maximum Gasteiger partial charge on any atom is 0.211 e. The van der Waals surface area contributed by atoms with Crippen molar-refractivity contribution in [2.75, 3.05) is 43.1 Å². The average molecular weight is 273 g/mol. The van der Waals surface area contributed by atoms with E-state index >= 15 is 0 Å². The predicted octanol–water partition coefficient (Wildman–Crippen LogP) is -0.608. The molecule has 0 saturated carbocycles. The maximum absolute atomic E-state index is 11.4. The Balaban J connectivity index is 2.15. The molecule has 1 aromatic heterocycles. The van der Waals surface area contributed by atoms with Gasteiger partial charge in [-0.05, 0) is 6.92 Å². The first-order valence-corrected chi connectivity index (χ1v) is 7.64. The molecule has 0 unspecified atom stereocenters. The van der Waals surface area contributed by atoms with Crippen molar-refractivity contribution in [3.63, 3.8) is 0 Å². The molecule has 0 radical (unpaired) electrons. The van der Waals surface area contributed by atoms with E-state index in [2.05, 4.69) is 10.00 Å². The number of hydrogen-bond donors (Lipinski definition) is 1. The number of nitrogens with zero attached hydrogens (tertiary/aromatic N) is 4. The van der Waals surface area contributed by atoms with Crippen molar-refractivity contribution in [1.82, 2.24) is 14.1 Å². The minimum Gasteiger partial charge on any atom is -0.394 e. The summed E-state index contributed by atoms with van der Waals surface area (Å²) in [7, 11) is -1.24. The van der Waals surface area contributed by atoms with E-state index < -0.39 is 10.0 Å². The molecule has 1 aliphatic rings. The smallest absolute Gasteiger partial charge is 0.211 e. The topological polar surface area (TPSA) is 84.5 Å². The third-order valence-electron chi connectivity index (χ3n) is 3.24. The second-order valence-electron chi connectivity index (χ2n) is 4.60. The Labute approximate surface area is 107 Å². The fourth-order valence-corrected chi connectivity index (χ4v) is 3.10. The van der Waals surface area contributed by atoms with Gasteiger partial charge < -0.3 is 10.6 Å². The highest BCUT2D eigenvalue weighted by Gasteiger charge is 2.26. The lowest BCUT2D eigenvalue weighted by Crippen LogP contribution is -2.49. The van der Waals surface area contributed by atoms with Crippen LogP contribution in [-0.2, 0) is 17.1 Å². The number of sulfonamides is 1. The summed E-state index contributed by atoms with van der Waals surface area (Å²) in [5.41, 5.74) is 7.47. The van der Waals surface area contributed by atoms with E-state index in [0.29, 0.717) is 31.9 Å². The lowest BCUT2D eigenvalue weighted by atomic mass is 10.3. The first-order valence-electron chi connectivity index (χ1n) is 5.80. The number of piperazine rings is 1. The summed E-state index contributed by atoms with van der Waals surface area (Å²) in [6.07, 6.45) is 1.24. The Morgan fingerprint density at radius 1 is 1.22 bits per heavy atom. The Kier molecular flexibility index (Phi) is 3.24. The molecule has 0 aliphatic carbocycles. The summed E-state index contributed by atoms with van der Waals surface area (Å²) in [5.74, 6) is 0.876. The number of rotatable bonds is 2. The van der Waals surface area contributed by atoms with Crippen molar-refractivity contribution in [3.05, 3.63) is 5.69 Å². The van der Waals surface area contributed by atoms with E-state index in [1.165, 1.54) is 10.6 Å². The van der Waals surface area contributed by atoms with Gasteiger partial charge >= 0.3 is 0 Å². The van der Waals surface area contributed by atoms with Gasteiger partial charge in [0.2, 0.25) is 10.0 Å². The number of nitrogens with two attached hydrogens (primary N) is 1. The van der Waals surface area contributed by atoms with Crippen LogP contribution in [-0.4, -0.2) is 54.9 Å². The number of aromatic nitrogens is 2. The third kappa shape index (κ3) is 2.30. The van der Waals surface area contributed by atoms with Crippen molar-refractivity contribution >= 4 is 21.5 Å². The van der Waals surface area contributed by atoms with Gasteiger partial charge in [-0.1, -0.05) is 0 Å². The second kappa shape index (κ2) is 4.43. The minimum atomic E-state index is -3.09. The molecule has 102 valence electrons. The van der Waals surface area contributed by atoms with Crippen molar-refractivity contribution < 1.29 is 8.42 Å². The van der Waals surface area contributed by atoms with Crippen molar-refractivity contribution in [2.24, 2.45) is 7.05 Å². The van der Waals surface area contributed by atoms with Crippen LogP contribution < -0.4 is 10.6 Å². The van der Waals surface area contributed by atoms with Crippen LogP contribution in [0.25, 0.3) is 0 Å². The van der Waals surface area contributed by atoms with Crippen molar-refractivity contribution in [1.29, 1.82) is 0 Å². The number of nitrogen functional groups attached to an aromatic ring is 1. The Bertz CT molecular complexity index is 543. The molecule has 1 saturated heterocycles. The summed E-state index contributed by atoms with van der Waals surface area (Å²) >= 11 is 0. The van der Waals surface area contributed by atoms with E-state index in [9.17, 15) is 8.42 Å². The second-order valence-corrected chi connectivity index (χ2v) is 6.58. The molecule has 0 spiro atoms. The quantitative estimate of drug-likeness (QED) is 0.777. The molecule has 2 heterocycles. The lowest BCUT2D eigenvalue weighted by Gasteiger charge is -2.34. The lowest BCUT2D eigenvalue weighted by molar-refractivity contribution is 0.385. The predicted molar refractivity (Wildman–Crippen MR) is 71.0 cm³/mol. The maximum atomic E-state index is 11.4. The van der Waals surface area contributed by atoms with Gasteiger partial charge in [-0.15, -0.1) is 0 Å². The molecule has 0 atom stereocenters. The molecular formula is C10H19N5O2S. The molecule has 1 aromatic rings. The highest BCUT2D eigenvalue weighted by Crippen LogP contribution is 2.26. The zero-order chi connectivity index (χ0) is 13.5. The molecule has 0 bridgehead atoms. The SMILES string of the molecule is Cc1nn(C)c(N2CCN(S(C)(=O)=O)CC2)c1N. The molecule has 2 N–H and O–H groups in total. The Hall–Kier alpha value is -1.28. The molecular weight excluding hydrogens is 254 g/mol. The summed E-state index contributed by atoms with van der Waals surface area (Å²) in [6, 6.07) is 0. The van der Waals surface area contributed by atoms with Crippen molar-refractivity contribution in [2.45, 2.75) is 6.92 Å². The van der Waals surface area contributed by atoms with Crippen molar-refractivity contribution in [3.8, 4) is 0 Å². The standard InChI is InChI=1S/C10H19N5O2S/c1-8-9(11)10(13(2)12-8)14-4-6-15(7-5-14)18(3,16)17/h4-7,11H2,1-3H3. The fourth-order valence-electron chi connectivity index (χ4n) is 2.27. The van der Waals surface area contributed by atoms with Gasteiger partial charge in [-0.3, -0.25) is 4.68 Å². The van der Waals surface area contributed by atoms with Gasteiger partial charge in [0.1, 0.15) is 5.82 Å². The number of aryl methyl sites for hydroxylation is 2. The molecule has 0 amide bonds. The van der Waals surface area contributed by atoms with Gasteiger partial charge in [0.15, 0.2) is 0 Å². The zero-order valence-corrected chi connectivity index (χ0v) is 11.7. The molecule has 1 fully saturated rings. The van der Waals surface area contributed by atoms with Crippen LogP contribution in [0.15, 0.2) is 0 Å². The normalized spacial score (nSPS) is 18.3. The highest BCUT2D eigenvalue weighted by atomic mass is 32.2. The molecule has 2 rings (SSSR count). The van der Waals surface area contributed by atoms with E-state index in [0.717, 1.165) is 11.5 Å². The van der Waals surface area contributed by atoms with Gasteiger partial charge in [0.25, 0.3) is 0 Å². The first kappa shape index (κ1) is 13.2. The summed E-state index contributed by atoms with van der Waals surface area (Å²) < 4.78 is 26.1. The van der Waals surface area contributed by atoms with Gasteiger partial charge in [-0.25, -0.2) is 8.42 Å². The van der Waals surface area contributed by atoms with E-state index in [1.54, 1.807) is 4.68 Å². The fraction of sp³-hybridized carbons (Fsp3) is 0.700. The van der Waals surface area contributed by atoms with Crippen LogP contribution in [0, 0.1) is 6.92 Å². The highest BCUT2D eigenvalue weighted by molar-refractivity contribution is 7.88. The summed E-state index contributed by atoms with van der Waals surface area (Å²) in [5, 5.41) is 4.27. The van der Waals surface area contributed by atoms with Crippen LogP contribution in [0.2, 0.25) is 0 Å². The number of anilines is 2. The molecule has 7 nitrogen and oxygen atoms in total. The monoisotopic (exact) mass is 273 g/mol. The van der Waals surface area contributed by atoms with E-state index in [4.69, 9.17) is 5.73 Å². The van der Waals surface area contributed by atoms with Gasteiger partial charge in [0.05, 0.1) is 17.6 Å². The Morgan fingerprint density at radius 2 is 1.78 bits per heavy atom. The minimum absolute atomic E-state index is 0.489. The van der Waals surface area contributed by atoms with Crippen LogP contribution in [0.3, 0.4) is 0 Å². The van der Waals surface area contributed by atoms with Crippen LogP contribution in [0.4, 0.5) is 11.5 Å². The largest absolute Gasteiger partial charge is 0.394 e. The molecule has 18 heavy (non-hydrogen) atoms. The van der Waals surface area contributed by atoms with E-state index in [-0.39, 0.29) is 0 Å². The van der Waals surface area contributed by atoms with Crippen LogP contribution in [0.1, 0.15) is 5.69 Å². The van der Waals surface area contributed by atoms with Crippen LogP contribution >= 0.6 is 0 Å². The van der Waals surface area contributed by atoms with Crippen LogP contribution in [0.5, 0.6) is 0 Å². The summed E-state index contributed by atoms with van der Waals surface area (Å²) in [6.45, 7) is 4.11. The summed E-state index contributed by atoms with van der Waals surface area (Å²) in [4.78, 5) is 2.08. The van der Waals surface area contributed by atoms with Gasteiger partial charge in [0, 0.05) is 33.2 Å². The average Bonchev–Trinajstić information content (AvgIpc) is 2.52. The zero-order valence-electron chi connectivity index (χ0n) is 10.9. The molecule has 8 heteroatoms. The van der Waals surface area contributed by atoms with E-state index in [1.807, 2.05) is 14.0 Å².